The van der Waals surface area contributed by atoms with Gasteiger partial charge >= 0.3 is 0 Å². The fourth-order valence-corrected chi connectivity index (χ4v) is 1.36. The van der Waals surface area contributed by atoms with Gasteiger partial charge in [-0.15, -0.1) is 0 Å². The summed E-state index contributed by atoms with van der Waals surface area (Å²) >= 11 is 22.2. The largest absolute Gasteiger partial charge is 0.505 e. The van der Waals surface area contributed by atoms with Crippen molar-refractivity contribution in [3.8, 4) is 5.75 Å². The second-order valence-electron chi connectivity index (χ2n) is 1.82. The third-order valence-electron chi connectivity index (χ3n) is 1.09. The second kappa shape index (κ2) is 5.16. The average molecular weight is 255 g/mol. The van der Waals surface area contributed by atoms with E-state index in [4.69, 9.17) is 51.5 Å². The predicted octanol–water partition coefficient (Wildman–Crippen LogP) is 3.62. The summed E-state index contributed by atoms with van der Waals surface area (Å²) in [4.78, 5) is 0. The summed E-state index contributed by atoms with van der Waals surface area (Å²) in [7, 11) is 0. The molecule has 0 aliphatic heterocycles. The van der Waals surface area contributed by atoms with Crippen molar-refractivity contribution >= 4 is 76.0 Å². The molecule has 0 spiro atoms. The molecule has 0 bridgehead atoms. The summed E-state index contributed by atoms with van der Waals surface area (Å²) in [5.41, 5.74) is 0. The molecule has 12 heavy (non-hydrogen) atoms. The molecule has 0 saturated heterocycles. The van der Waals surface area contributed by atoms with Crippen molar-refractivity contribution in [2.75, 3.05) is 0 Å². The SMILES string of the molecule is Oc1c(Cl)c(Cl)cc(Cl)c1Cl.[Na]. The van der Waals surface area contributed by atoms with Crippen LogP contribution < -0.4 is 0 Å². The fourth-order valence-electron chi connectivity index (χ4n) is 0.561. The number of rotatable bonds is 0. The van der Waals surface area contributed by atoms with E-state index in [1.165, 1.54) is 6.07 Å². The Bertz CT molecular complexity index is 276. The van der Waals surface area contributed by atoms with E-state index in [0.717, 1.165) is 0 Å². The molecule has 1 radical (unpaired) electrons. The van der Waals surface area contributed by atoms with Crippen LogP contribution in [0.1, 0.15) is 0 Å². The molecular formula is C6H2Cl4NaO. The van der Waals surface area contributed by atoms with E-state index < -0.39 is 0 Å². The van der Waals surface area contributed by atoms with Gasteiger partial charge in [0, 0.05) is 29.6 Å². The maximum absolute atomic E-state index is 9.14. The van der Waals surface area contributed by atoms with Gasteiger partial charge in [-0.3, -0.25) is 0 Å². The minimum absolute atomic E-state index is 0. The van der Waals surface area contributed by atoms with Gasteiger partial charge in [0.2, 0.25) is 0 Å². The summed E-state index contributed by atoms with van der Waals surface area (Å²) in [6, 6.07) is 1.37. The molecule has 61 valence electrons. The number of benzene rings is 1. The van der Waals surface area contributed by atoms with Crippen LogP contribution in [0.5, 0.6) is 5.75 Å². The number of halogens is 4. The maximum atomic E-state index is 9.14. The average Bonchev–Trinajstić information content (AvgIpc) is 1.97. The van der Waals surface area contributed by atoms with Crippen LogP contribution in [0.25, 0.3) is 0 Å². The number of hydrogen-bond donors (Lipinski definition) is 1. The van der Waals surface area contributed by atoms with Crippen LogP contribution in [0.2, 0.25) is 20.1 Å². The summed E-state index contributed by atoms with van der Waals surface area (Å²) in [6.07, 6.45) is 0. The molecule has 0 fully saturated rings. The number of phenolic OH excluding ortho intramolecular Hbond substituents is 1. The van der Waals surface area contributed by atoms with E-state index in [2.05, 4.69) is 0 Å². The smallest absolute Gasteiger partial charge is 0.155 e. The van der Waals surface area contributed by atoms with Crippen LogP contribution in [0, 0.1) is 0 Å². The van der Waals surface area contributed by atoms with Gasteiger partial charge in [0.25, 0.3) is 0 Å². The number of aromatic hydroxyl groups is 1. The zero-order valence-corrected chi connectivity index (χ0v) is 11.1. The van der Waals surface area contributed by atoms with Gasteiger partial charge in [-0.1, -0.05) is 46.4 Å². The molecule has 0 saturated carbocycles. The van der Waals surface area contributed by atoms with Crippen molar-refractivity contribution in [1.29, 1.82) is 0 Å². The molecule has 0 aromatic heterocycles. The standard InChI is InChI=1S/C6H2Cl4O.Na/c7-2-1-3(8)5(10)6(11)4(2)9;/h1,11H;. The first kappa shape index (κ1) is 13.2. The van der Waals surface area contributed by atoms with Crippen molar-refractivity contribution in [2.45, 2.75) is 0 Å². The Hall–Kier alpha value is 1.18. The van der Waals surface area contributed by atoms with Gasteiger partial charge in [0.15, 0.2) is 5.75 Å². The van der Waals surface area contributed by atoms with Crippen molar-refractivity contribution in [2.24, 2.45) is 0 Å². The van der Waals surface area contributed by atoms with Crippen molar-refractivity contribution in [3.05, 3.63) is 26.2 Å². The van der Waals surface area contributed by atoms with Crippen molar-refractivity contribution in [1.82, 2.24) is 0 Å². The minimum atomic E-state index is -0.286. The van der Waals surface area contributed by atoms with E-state index >= 15 is 0 Å². The Kier molecular flexibility index (Phi) is 5.67. The summed E-state index contributed by atoms with van der Waals surface area (Å²) in [5.74, 6) is -0.286. The topological polar surface area (TPSA) is 20.2 Å². The van der Waals surface area contributed by atoms with Gasteiger partial charge in [0.05, 0.1) is 10.0 Å². The maximum Gasteiger partial charge on any atom is 0.155 e. The molecule has 0 aliphatic rings. The van der Waals surface area contributed by atoms with E-state index in [1.54, 1.807) is 0 Å². The molecule has 0 heterocycles. The van der Waals surface area contributed by atoms with Crippen LogP contribution in [-0.4, -0.2) is 34.7 Å². The molecule has 0 aliphatic carbocycles. The summed E-state index contributed by atoms with van der Waals surface area (Å²) in [5, 5.41) is 9.52. The van der Waals surface area contributed by atoms with E-state index in [1.807, 2.05) is 0 Å². The Morgan fingerprint density at radius 1 is 0.917 bits per heavy atom. The van der Waals surface area contributed by atoms with Gasteiger partial charge in [-0.25, -0.2) is 0 Å². The van der Waals surface area contributed by atoms with Gasteiger partial charge < -0.3 is 5.11 Å². The molecule has 1 rings (SSSR count). The zero-order chi connectivity index (χ0) is 8.59. The Labute approximate surface area is 112 Å². The van der Waals surface area contributed by atoms with Crippen LogP contribution in [0.15, 0.2) is 6.07 Å². The third-order valence-corrected chi connectivity index (χ3v) is 2.64. The minimum Gasteiger partial charge on any atom is -0.505 e. The van der Waals surface area contributed by atoms with Gasteiger partial charge in [-0.05, 0) is 6.07 Å². The Morgan fingerprint density at radius 3 is 1.58 bits per heavy atom. The molecule has 6 heteroatoms. The molecule has 0 amide bonds. The quantitative estimate of drug-likeness (QED) is 0.554. The Balaban J connectivity index is 0.00000121. The monoisotopic (exact) mass is 253 g/mol. The molecule has 0 unspecified atom stereocenters. The van der Waals surface area contributed by atoms with Crippen LogP contribution in [0.3, 0.4) is 0 Å². The van der Waals surface area contributed by atoms with E-state index in [0.29, 0.717) is 0 Å². The normalized spacial score (nSPS) is 9.33. The van der Waals surface area contributed by atoms with Crippen molar-refractivity contribution < 1.29 is 5.11 Å². The van der Waals surface area contributed by atoms with Crippen LogP contribution >= 0.6 is 46.4 Å². The molecule has 0 atom stereocenters. The fraction of sp³-hybridized carbons (Fsp3) is 0. The Morgan fingerprint density at radius 2 is 1.25 bits per heavy atom. The van der Waals surface area contributed by atoms with Crippen LogP contribution in [-0.2, 0) is 0 Å². The molecule has 1 aromatic carbocycles. The molecular weight excluding hydrogens is 253 g/mol. The number of phenols is 1. The predicted molar refractivity (Wildman–Crippen MR) is 53.9 cm³/mol. The number of hydrogen-bond acceptors (Lipinski definition) is 1. The van der Waals surface area contributed by atoms with E-state index in [9.17, 15) is 0 Å². The van der Waals surface area contributed by atoms with Crippen molar-refractivity contribution in [3.63, 3.8) is 0 Å². The molecule has 1 nitrogen and oxygen atoms in total. The third kappa shape index (κ3) is 2.58. The van der Waals surface area contributed by atoms with Crippen LogP contribution in [0.4, 0.5) is 0 Å². The molecule has 1 N–H and O–H groups in total. The first-order valence-corrected chi connectivity index (χ1v) is 4.07. The second-order valence-corrected chi connectivity index (χ2v) is 3.39. The first-order valence-electron chi connectivity index (χ1n) is 2.56. The zero-order valence-electron chi connectivity index (χ0n) is 6.04. The van der Waals surface area contributed by atoms with Gasteiger partial charge in [-0.2, -0.15) is 0 Å². The first-order chi connectivity index (χ1) is 5.04. The summed E-state index contributed by atoms with van der Waals surface area (Å²) < 4.78 is 0. The summed E-state index contributed by atoms with van der Waals surface area (Å²) in [6.45, 7) is 0. The molecule has 1 aromatic rings. The van der Waals surface area contributed by atoms with Gasteiger partial charge in [0.1, 0.15) is 10.0 Å². The van der Waals surface area contributed by atoms with E-state index in [-0.39, 0.29) is 55.4 Å².